The van der Waals surface area contributed by atoms with Crippen molar-refractivity contribution in [3.63, 3.8) is 0 Å². The lowest BCUT2D eigenvalue weighted by Gasteiger charge is -2.61. The number of hydrogen-bond donors (Lipinski definition) is 1. The van der Waals surface area contributed by atoms with Crippen LogP contribution in [0.2, 0.25) is 0 Å². The zero-order valence-corrected chi connectivity index (χ0v) is 18.6. The first-order valence-electron chi connectivity index (χ1n) is 12.0. The number of ether oxygens (including phenoxy) is 2. The molecule has 4 saturated carbocycles. The first-order valence-corrected chi connectivity index (χ1v) is 12.0. The van der Waals surface area contributed by atoms with Crippen LogP contribution in [0.15, 0.2) is 11.3 Å². The van der Waals surface area contributed by atoms with Gasteiger partial charge in [0.2, 0.25) is 5.76 Å². The Kier molecular flexibility index (Phi) is 4.85. The highest BCUT2D eigenvalue weighted by molar-refractivity contribution is 5.92. The number of cyclic esters (lactones) is 1. The van der Waals surface area contributed by atoms with Gasteiger partial charge in [0.1, 0.15) is 6.61 Å². The Labute approximate surface area is 179 Å². The van der Waals surface area contributed by atoms with Crippen molar-refractivity contribution >= 4 is 11.9 Å². The molecule has 5 rings (SSSR count). The van der Waals surface area contributed by atoms with Crippen LogP contribution < -0.4 is 0 Å². The summed E-state index contributed by atoms with van der Waals surface area (Å²) in [5.74, 6) is 2.34. The fourth-order valence-corrected chi connectivity index (χ4v) is 8.72. The molecule has 0 saturated heterocycles. The maximum absolute atomic E-state index is 12.2. The molecule has 0 unspecified atom stereocenters. The van der Waals surface area contributed by atoms with Crippen molar-refractivity contribution in [3.8, 4) is 0 Å². The fraction of sp³-hybridized carbons (Fsp3) is 0.840. The van der Waals surface area contributed by atoms with Gasteiger partial charge in [-0.1, -0.05) is 13.8 Å². The summed E-state index contributed by atoms with van der Waals surface area (Å²) in [5, 5.41) is 10.2. The SMILES string of the molecule is CC(=O)OC1=C([C@H]2CC[C@H]3[C@@H]4CC[C@@H]5C[C@@H](O)CC[C@]5(C)[C@H]4CC[C@]23C)COC1=O. The van der Waals surface area contributed by atoms with Gasteiger partial charge >= 0.3 is 11.9 Å². The van der Waals surface area contributed by atoms with Crippen LogP contribution in [-0.2, 0) is 19.1 Å². The van der Waals surface area contributed by atoms with Gasteiger partial charge in [-0.25, -0.2) is 4.79 Å². The van der Waals surface area contributed by atoms with Crippen molar-refractivity contribution < 1.29 is 24.2 Å². The first kappa shape index (κ1) is 20.5. The van der Waals surface area contributed by atoms with E-state index in [0.29, 0.717) is 17.3 Å². The van der Waals surface area contributed by atoms with Crippen LogP contribution in [0.4, 0.5) is 0 Å². The predicted octanol–water partition coefficient (Wildman–Crippen LogP) is 4.38. The van der Waals surface area contributed by atoms with E-state index in [4.69, 9.17) is 9.47 Å². The summed E-state index contributed by atoms with van der Waals surface area (Å²) in [5.41, 5.74) is 1.45. The molecule has 0 aromatic heterocycles. The molecule has 1 heterocycles. The van der Waals surface area contributed by atoms with Gasteiger partial charge in [0, 0.05) is 12.5 Å². The molecule has 4 fully saturated rings. The molecule has 5 nitrogen and oxygen atoms in total. The van der Waals surface area contributed by atoms with E-state index in [9.17, 15) is 14.7 Å². The van der Waals surface area contributed by atoms with Gasteiger partial charge < -0.3 is 14.6 Å². The normalized spacial score (nSPS) is 47.9. The maximum Gasteiger partial charge on any atom is 0.374 e. The Bertz CT molecular complexity index is 786. The fourth-order valence-electron chi connectivity index (χ4n) is 8.72. The number of carbonyl (C=O) groups excluding carboxylic acids is 2. The largest absolute Gasteiger partial charge is 0.455 e. The summed E-state index contributed by atoms with van der Waals surface area (Å²) in [7, 11) is 0. The van der Waals surface area contributed by atoms with Crippen LogP contribution in [0.1, 0.15) is 78.6 Å². The van der Waals surface area contributed by atoms with Gasteiger partial charge in [-0.15, -0.1) is 0 Å². The van der Waals surface area contributed by atoms with E-state index >= 15 is 0 Å². The Balaban J connectivity index is 1.43. The van der Waals surface area contributed by atoms with Gasteiger partial charge in [0.15, 0.2) is 0 Å². The molecule has 4 aliphatic carbocycles. The van der Waals surface area contributed by atoms with E-state index in [1.54, 1.807) is 0 Å². The van der Waals surface area contributed by atoms with E-state index in [2.05, 4.69) is 13.8 Å². The van der Waals surface area contributed by atoms with E-state index in [1.807, 2.05) is 0 Å². The summed E-state index contributed by atoms with van der Waals surface area (Å²) in [6.07, 6.45) is 10.2. The Hall–Kier alpha value is -1.36. The van der Waals surface area contributed by atoms with Crippen LogP contribution in [0.3, 0.4) is 0 Å². The van der Waals surface area contributed by atoms with Gasteiger partial charge in [-0.05, 0) is 98.2 Å². The Morgan fingerprint density at radius 3 is 2.53 bits per heavy atom. The standard InChI is InChI=1S/C25H36O5/c1-14(26)30-22-18(13-29-23(22)28)20-7-6-19-17-5-4-15-12-16(27)8-10-24(15,2)21(17)9-11-25(19,20)3/h15-17,19-21,27H,4-13H2,1-3H3/t15-,16+,17+,19+,20-,21+,24+,25+/m1/s1. The average Bonchev–Trinajstić information content (AvgIpc) is 3.21. The van der Waals surface area contributed by atoms with E-state index in [1.165, 1.54) is 39.0 Å². The minimum Gasteiger partial charge on any atom is -0.455 e. The number of rotatable bonds is 2. The van der Waals surface area contributed by atoms with E-state index in [-0.39, 0.29) is 29.8 Å². The summed E-state index contributed by atoms with van der Waals surface area (Å²) in [6.45, 7) is 6.56. The van der Waals surface area contributed by atoms with Crippen molar-refractivity contribution in [2.24, 2.45) is 40.4 Å². The zero-order chi connectivity index (χ0) is 21.3. The lowest BCUT2D eigenvalue weighted by Crippen LogP contribution is -2.54. The molecule has 1 aliphatic heterocycles. The molecule has 0 bridgehead atoms. The molecule has 0 aromatic rings. The van der Waals surface area contributed by atoms with Gasteiger partial charge in [0.05, 0.1) is 6.10 Å². The molecular formula is C25H36O5. The highest BCUT2D eigenvalue weighted by Gasteiger charge is 2.61. The number of esters is 2. The zero-order valence-electron chi connectivity index (χ0n) is 18.6. The number of hydrogen-bond acceptors (Lipinski definition) is 5. The molecule has 0 aromatic carbocycles. The van der Waals surface area contributed by atoms with Crippen molar-refractivity contribution in [2.75, 3.05) is 6.61 Å². The van der Waals surface area contributed by atoms with Gasteiger partial charge in [-0.3, -0.25) is 4.79 Å². The summed E-state index contributed by atoms with van der Waals surface area (Å²) in [6, 6.07) is 0. The summed E-state index contributed by atoms with van der Waals surface area (Å²) >= 11 is 0. The van der Waals surface area contributed by atoms with Crippen LogP contribution >= 0.6 is 0 Å². The highest BCUT2D eigenvalue weighted by atomic mass is 16.6. The first-order chi connectivity index (χ1) is 14.2. The molecule has 5 heteroatoms. The molecule has 30 heavy (non-hydrogen) atoms. The monoisotopic (exact) mass is 416 g/mol. The Morgan fingerprint density at radius 2 is 1.77 bits per heavy atom. The molecule has 1 N–H and O–H groups in total. The second kappa shape index (κ2) is 7.08. The maximum atomic E-state index is 12.2. The number of fused-ring (bicyclic) bond motifs is 5. The molecule has 0 amide bonds. The smallest absolute Gasteiger partial charge is 0.374 e. The van der Waals surface area contributed by atoms with Crippen LogP contribution in [-0.4, -0.2) is 29.8 Å². The number of aliphatic hydroxyl groups is 1. The molecule has 5 aliphatic rings. The van der Waals surface area contributed by atoms with Crippen LogP contribution in [0.5, 0.6) is 0 Å². The van der Waals surface area contributed by atoms with E-state index in [0.717, 1.165) is 43.1 Å². The predicted molar refractivity (Wildman–Crippen MR) is 111 cm³/mol. The second-order valence-electron chi connectivity index (χ2n) is 11.3. The van der Waals surface area contributed by atoms with Crippen LogP contribution in [0.25, 0.3) is 0 Å². The van der Waals surface area contributed by atoms with Crippen molar-refractivity contribution in [1.29, 1.82) is 0 Å². The van der Waals surface area contributed by atoms with Crippen LogP contribution in [0, 0.1) is 40.4 Å². The highest BCUT2D eigenvalue weighted by Crippen LogP contribution is 2.68. The van der Waals surface area contributed by atoms with Crippen molar-refractivity contribution in [3.05, 3.63) is 11.3 Å². The molecule has 0 radical (unpaired) electrons. The number of carbonyl (C=O) groups is 2. The lowest BCUT2D eigenvalue weighted by molar-refractivity contribution is -0.147. The topological polar surface area (TPSA) is 72.8 Å². The minimum atomic E-state index is -0.477. The van der Waals surface area contributed by atoms with E-state index < -0.39 is 11.9 Å². The number of aliphatic hydroxyl groups excluding tert-OH is 1. The third-order valence-corrected chi connectivity index (χ3v) is 10.1. The lowest BCUT2D eigenvalue weighted by atomic mass is 9.44. The minimum absolute atomic E-state index is 0.101. The summed E-state index contributed by atoms with van der Waals surface area (Å²) < 4.78 is 10.6. The van der Waals surface area contributed by atoms with Gasteiger partial charge in [0.25, 0.3) is 0 Å². The summed E-state index contributed by atoms with van der Waals surface area (Å²) in [4.78, 5) is 23.8. The van der Waals surface area contributed by atoms with Crippen molar-refractivity contribution in [2.45, 2.75) is 84.7 Å². The third kappa shape index (κ3) is 2.91. The molecule has 0 spiro atoms. The molecular weight excluding hydrogens is 380 g/mol. The Morgan fingerprint density at radius 1 is 1.03 bits per heavy atom. The second-order valence-corrected chi connectivity index (χ2v) is 11.3. The molecule has 8 atom stereocenters. The average molecular weight is 417 g/mol. The van der Waals surface area contributed by atoms with Gasteiger partial charge in [-0.2, -0.15) is 0 Å². The third-order valence-electron chi connectivity index (χ3n) is 10.1. The quantitative estimate of drug-likeness (QED) is 0.676. The molecule has 166 valence electrons. The van der Waals surface area contributed by atoms with Crippen molar-refractivity contribution in [1.82, 2.24) is 0 Å².